The first-order valence-electron chi connectivity index (χ1n) is 5.98. The summed E-state index contributed by atoms with van der Waals surface area (Å²) in [6.07, 6.45) is 0. The number of ether oxygens (including phenoxy) is 1. The van der Waals surface area contributed by atoms with E-state index in [0.717, 1.165) is 11.4 Å². The van der Waals surface area contributed by atoms with Crippen molar-refractivity contribution in [2.24, 2.45) is 0 Å². The smallest absolute Gasteiger partial charge is 0.248 e. The fraction of sp³-hybridized carbons (Fsp3) is 0.385. The first kappa shape index (κ1) is 12.4. The zero-order valence-electron chi connectivity index (χ0n) is 10.8. The second-order valence-electron chi connectivity index (χ2n) is 4.00. The van der Waals surface area contributed by atoms with Crippen molar-refractivity contribution in [1.29, 1.82) is 0 Å². The quantitative estimate of drug-likeness (QED) is 0.880. The Morgan fingerprint density at radius 2 is 2.06 bits per heavy atom. The molecule has 0 aliphatic heterocycles. The van der Waals surface area contributed by atoms with Gasteiger partial charge < -0.3 is 14.6 Å². The molecule has 1 unspecified atom stereocenters. The Labute approximate surface area is 106 Å². The van der Waals surface area contributed by atoms with Gasteiger partial charge in [0.2, 0.25) is 5.89 Å². The fourth-order valence-electron chi connectivity index (χ4n) is 1.61. The van der Waals surface area contributed by atoms with Gasteiger partial charge in [-0.3, -0.25) is 0 Å². The maximum Gasteiger partial charge on any atom is 0.248 e. The molecule has 0 spiro atoms. The number of anilines is 1. The Morgan fingerprint density at radius 1 is 1.33 bits per heavy atom. The summed E-state index contributed by atoms with van der Waals surface area (Å²) in [6, 6.07) is 7.76. The van der Waals surface area contributed by atoms with E-state index in [1.165, 1.54) is 0 Å². The molecule has 96 valence electrons. The number of benzene rings is 1. The summed E-state index contributed by atoms with van der Waals surface area (Å²) in [5.41, 5.74) is 0.988. The molecule has 0 aliphatic carbocycles. The summed E-state index contributed by atoms with van der Waals surface area (Å²) < 4.78 is 10.5. The molecule has 1 atom stereocenters. The van der Waals surface area contributed by atoms with Crippen LogP contribution in [-0.4, -0.2) is 16.7 Å². The molecule has 0 saturated carbocycles. The fourth-order valence-corrected chi connectivity index (χ4v) is 1.61. The van der Waals surface area contributed by atoms with Gasteiger partial charge in [-0.25, -0.2) is 0 Å². The molecule has 18 heavy (non-hydrogen) atoms. The zero-order valence-corrected chi connectivity index (χ0v) is 10.8. The van der Waals surface area contributed by atoms with Crippen molar-refractivity contribution in [3.8, 4) is 5.75 Å². The second kappa shape index (κ2) is 5.53. The third kappa shape index (κ3) is 3.00. The molecule has 0 fully saturated rings. The topological polar surface area (TPSA) is 60.2 Å². The molecule has 0 amide bonds. The standard InChI is InChI=1S/C13H17N3O2/c1-4-17-12-7-5-11(6-8-12)14-9(2)13-15-10(3)16-18-13/h5-9,14H,4H2,1-3H3. The lowest BCUT2D eigenvalue weighted by atomic mass is 10.2. The molecular formula is C13H17N3O2. The van der Waals surface area contributed by atoms with Crippen LogP contribution in [0.15, 0.2) is 28.8 Å². The Kier molecular flexibility index (Phi) is 3.82. The molecule has 1 N–H and O–H groups in total. The highest BCUT2D eigenvalue weighted by Crippen LogP contribution is 2.20. The van der Waals surface area contributed by atoms with Crippen LogP contribution in [0, 0.1) is 6.92 Å². The van der Waals surface area contributed by atoms with Crippen LogP contribution in [0.3, 0.4) is 0 Å². The lowest BCUT2D eigenvalue weighted by Crippen LogP contribution is -2.06. The van der Waals surface area contributed by atoms with Crippen molar-refractivity contribution in [3.63, 3.8) is 0 Å². The predicted molar refractivity (Wildman–Crippen MR) is 68.7 cm³/mol. The van der Waals surface area contributed by atoms with Crippen LogP contribution in [0.4, 0.5) is 5.69 Å². The predicted octanol–water partition coefficient (Wildman–Crippen LogP) is 2.95. The first-order valence-corrected chi connectivity index (χ1v) is 5.98. The van der Waals surface area contributed by atoms with Crippen molar-refractivity contribution in [2.45, 2.75) is 26.8 Å². The van der Waals surface area contributed by atoms with Gasteiger partial charge in [-0.05, 0) is 45.0 Å². The summed E-state index contributed by atoms with van der Waals surface area (Å²) in [6.45, 7) is 6.41. The number of rotatable bonds is 5. The van der Waals surface area contributed by atoms with Gasteiger partial charge in [0.25, 0.3) is 0 Å². The zero-order chi connectivity index (χ0) is 13.0. The molecule has 1 aromatic heterocycles. The van der Waals surface area contributed by atoms with Crippen LogP contribution in [0.5, 0.6) is 5.75 Å². The molecule has 5 heteroatoms. The van der Waals surface area contributed by atoms with Gasteiger partial charge in [0.15, 0.2) is 5.82 Å². The number of aryl methyl sites for hydroxylation is 1. The molecule has 2 aromatic rings. The summed E-state index contributed by atoms with van der Waals surface area (Å²) in [7, 11) is 0. The van der Waals surface area contributed by atoms with Gasteiger partial charge in [-0.1, -0.05) is 5.16 Å². The Morgan fingerprint density at radius 3 is 2.61 bits per heavy atom. The minimum absolute atomic E-state index is 0.0239. The Balaban J connectivity index is 2.00. The van der Waals surface area contributed by atoms with Crippen LogP contribution in [0.1, 0.15) is 31.6 Å². The second-order valence-corrected chi connectivity index (χ2v) is 4.00. The molecule has 0 aliphatic rings. The average Bonchev–Trinajstić information content (AvgIpc) is 2.79. The molecular weight excluding hydrogens is 230 g/mol. The maximum atomic E-state index is 5.39. The molecule has 0 saturated heterocycles. The van der Waals surface area contributed by atoms with Crippen molar-refractivity contribution < 1.29 is 9.26 Å². The highest BCUT2D eigenvalue weighted by molar-refractivity contribution is 5.47. The minimum Gasteiger partial charge on any atom is -0.494 e. The molecule has 1 aromatic carbocycles. The number of hydrogen-bond acceptors (Lipinski definition) is 5. The van der Waals surface area contributed by atoms with Crippen molar-refractivity contribution in [2.75, 3.05) is 11.9 Å². The summed E-state index contributed by atoms with van der Waals surface area (Å²) in [5, 5.41) is 7.06. The number of nitrogens with zero attached hydrogens (tertiary/aromatic N) is 2. The lowest BCUT2D eigenvalue weighted by molar-refractivity contribution is 0.340. The molecule has 0 radical (unpaired) electrons. The Hall–Kier alpha value is -2.04. The maximum absolute atomic E-state index is 5.39. The van der Waals surface area contributed by atoms with Crippen molar-refractivity contribution in [3.05, 3.63) is 36.0 Å². The first-order chi connectivity index (χ1) is 8.69. The van der Waals surface area contributed by atoms with E-state index in [4.69, 9.17) is 9.26 Å². The highest BCUT2D eigenvalue weighted by Gasteiger charge is 2.12. The number of hydrogen-bond donors (Lipinski definition) is 1. The molecule has 2 rings (SSSR count). The van der Waals surface area contributed by atoms with Crippen LogP contribution >= 0.6 is 0 Å². The van der Waals surface area contributed by atoms with Crippen molar-refractivity contribution >= 4 is 5.69 Å². The van der Waals surface area contributed by atoms with Gasteiger partial charge in [0.1, 0.15) is 11.8 Å². The highest BCUT2D eigenvalue weighted by atomic mass is 16.5. The van der Waals surface area contributed by atoms with Gasteiger partial charge in [0.05, 0.1) is 6.61 Å². The summed E-state index contributed by atoms with van der Waals surface area (Å²) >= 11 is 0. The van der Waals surface area contributed by atoms with Crippen LogP contribution in [0.2, 0.25) is 0 Å². The van der Waals surface area contributed by atoms with Gasteiger partial charge in [0, 0.05) is 5.69 Å². The monoisotopic (exact) mass is 247 g/mol. The van der Waals surface area contributed by atoms with E-state index in [9.17, 15) is 0 Å². The largest absolute Gasteiger partial charge is 0.494 e. The Bertz CT molecular complexity index is 493. The molecule has 0 bridgehead atoms. The van der Waals surface area contributed by atoms with E-state index >= 15 is 0 Å². The van der Waals surface area contributed by atoms with Gasteiger partial charge >= 0.3 is 0 Å². The third-order valence-corrected chi connectivity index (χ3v) is 2.46. The summed E-state index contributed by atoms with van der Waals surface area (Å²) in [5.74, 6) is 2.09. The number of aromatic nitrogens is 2. The van der Waals surface area contributed by atoms with E-state index in [1.54, 1.807) is 6.92 Å². The van der Waals surface area contributed by atoms with Crippen LogP contribution in [-0.2, 0) is 0 Å². The third-order valence-electron chi connectivity index (χ3n) is 2.46. The lowest BCUT2D eigenvalue weighted by Gasteiger charge is -2.11. The SMILES string of the molecule is CCOc1ccc(NC(C)c2nc(C)no2)cc1. The van der Waals surface area contributed by atoms with Crippen LogP contribution in [0.25, 0.3) is 0 Å². The van der Waals surface area contributed by atoms with E-state index in [1.807, 2.05) is 38.1 Å². The van der Waals surface area contributed by atoms with E-state index in [0.29, 0.717) is 18.3 Å². The number of nitrogens with one attached hydrogen (secondary N) is 1. The van der Waals surface area contributed by atoms with E-state index in [-0.39, 0.29) is 6.04 Å². The average molecular weight is 247 g/mol. The normalized spacial score (nSPS) is 12.2. The van der Waals surface area contributed by atoms with Crippen LogP contribution < -0.4 is 10.1 Å². The van der Waals surface area contributed by atoms with Gasteiger partial charge in [-0.2, -0.15) is 4.98 Å². The van der Waals surface area contributed by atoms with Crippen molar-refractivity contribution in [1.82, 2.24) is 10.1 Å². The van der Waals surface area contributed by atoms with E-state index < -0.39 is 0 Å². The molecule has 1 heterocycles. The summed E-state index contributed by atoms with van der Waals surface area (Å²) in [4.78, 5) is 4.19. The van der Waals surface area contributed by atoms with Gasteiger partial charge in [-0.15, -0.1) is 0 Å². The minimum atomic E-state index is -0.0239. The molecule has 5 nitrogen and oxygen atoms in total. The van der Waals surface area contributed by atoms with E-state index in [2.05, 4.69) is 15.5 Å².